The number of aromatic nitrogens is 3. The van der Waals surface area contributed by atoms with Crippen LogP contribution in [0, 0.1) is 6.57 Å². The van der Waals surface area contributed by atoms with Gasteiger partial charge in [-0.3, -0.25) is 4.98 Å². The minimum atomic E-state index is 0.340. The van der Waals surface area contributed by atoms with E-state index in [0.29, 0.717) is 17.6 Å². The first-order valence-electron chi connectivity index (χ1n) is 9.19. The lowest BCUT2D eigenvalue weighted by atomic mass is 10.1. The zero-order chi connectivity index (χ0) is 17.7. The van der Waals surface area contributed by atoms with Crippen LogP contribution < -0.4 is 0 Å². The fraction of sp³-hybridized carbons (Fsp3) is 0.450. The van der Waals surface area contributed by atoms with E-state index in [1.807, 2.05) is 24.4 Å². The van der Waals surface area contributed by atoms with Crippen molar-refractivity contribution in [2.24, 2.45) is 0 Å². The maximum absolute atomic E-state index is 7.37. The van der Waals surface area contributed by atoms with Crippen LogP contribution in [0.3, 0.4) is 0 Å². The Hall–Kier alpha value is -2.49. The van der Waals surface area contributed by atoms with Crippen molar-refractivity contribution in [3.8, 4) is 0 Å². The van der Waals surface area contributed by atoms with E-state index >= 15 is 0 Å². The summed E-state index contributed by atoms with van der Waals surface area (Å²) in [4.78, 5) is 15.6. The van der Waals surface area contributed by atoms with Crippen LogP contribution in [0.5, 0.6) is 0 Å². The van der Waals surface area contributed by atoms with E-state index in [-0.39, 0.29) is 0 Å². The molecule has 2 saturated heterocycles. The Morgan fingerprint density at radius 3 is 2.92 bits per heavy atom. The van der Waals surface area contributed by atoms with Gasteiger partial charge in [0.25, 0.3) is 0 Å². The average molecular weight is 347 g/mol. The van der Waals surface area contributed by atoms with E-state index in [1.165, 1.54) is 0 Å². The molecule has 0 saturated carbocycles. The van der Waals surface area contributed by atoms with E-state index in [2.05, 4.69) is 26.3 Å². The standard InChI is InChI=1S/C20H21N5O/c1-21-14-3-4-17-16(9-14)19-18(10-22-17)23-20(13-6-8-26-12-13)25(19)15-5-7-24(2)11-15/h3-4,9-10,13,15H,5-8,11-12H2,2H3. The van der Waals surface area contributed by atoms with Crippen molar-refractivity contribution in [2.45, 2.75) is 24.8 Å². The number of pyridine rings is 1. The molecule has 0 radical (unpaired) electrons. The Morgan fingerprint density at radius 2 is 2.19 bits per heavy atom. The molecule has 26 heavy (non-hydrogen) atoms. The van der Waals surface area contributed by atoms with Crippen LogP contribution in [0.1, 0.15) is 30.6 Å². The Kier molecular flexibility index (Phi) is 3.66. The lowest BCUT2D eigenvalue weighted by molar-refractivity contribution is 0.192. The summed E-state index contributed by atoms with van der Waals surface area (Å²) in [5.41, 5.74) is 3.62. The van der Waals surface area contributed by atoms with Crippen molar-refractivity contribution in [1.29, 1.82) is 0 Å². The molecular weight excluding hydrogens is 326 g/mol. The molecule has 5 rings (SSSR count). The maximum atomic E-state index is 7.37. The summed E-state index contributed by atoms with van der Waals surface area (Å²) < 4.78 is 8.09. The number of rotatable bonds is 2. The molecule has 1 aromatic carbocycles. The van der Waals surface area contributed by atoms with Gasteiger partial charge in [-0.1, -0.05) is 6.07 Å². The molecule has 0 spiro atoms. The summed E-state index contributed by atoms with van der Waals surface area (Å²) in [5, 5.41) is 1.03. The predicted octanol–water partition coefficient (Wildman–Crippen LogP) is 3.52. The largest absolute Gasteiger partial charge is 0.381 e. The Morgan fingerprint density at radius 1 is 1.27 bits per heavy atom. The van der Waals surface area contributed by atoms with Crippen molar-refractivity contribution in [1.82, 2.24) is 19.4 Å². The van der Waals surface area contributed by atoms with E-state index in [4.69, 9.17) is 16.3 Å². The Bertz CT molecular complexity index is 1030. The number of fused-ring (bicyclic) bond motifs is 3. The molecular formula is C20H21N5O. The number of likely N-dealkylation sites (tertiary alicyclic amines) is 1. The number of hydrogen-bond acceptors (Lipinski definition) is 4. The molecule has 0 bridgehead atoms. The van der Waals surface area contributed by atoms with Gasteiger partial charge in [0.1, 0.15) is 11.3 Å². The van der Waals surface area contributed by atoms with Crippen LogP contribution in [0.15, 0.2) is 24.4 Å². The van der Waals surface area contributed by atoms with Crippen LogP contribution in [0.2, 0.25) is 0 Å². The SMILES string of the molecule is [C-]#[N+]c1ccc2ncc3nc(C4CCOC4)n(C4CCN(C)C4)c3c2c1. The third-order valence-electron chi connectivity index (χ3n) is 5.68. The van der Waals surface area contributed by atoms with Crippen LogP contribution in [-0.4, -0.2) is 52.8 Å². The second-order valence-corrected chi connectivity index (χ2v) is 7.41. The highest BCUT2D eigenvalue weighted by Crippen LogP contribution is 2.37. The van der Waals surface area contributed by atoms with E-state index in [1.54, 1.807) is 0 Å². The smallest absolute Gasteiger partial charge is 0.188 e. The van der Waals surface area contributed by atoms with Crippen LogP contribution in [0.4, 0.5) is 5.69 Å². The molecule has 2 atom stereocenters. The first-order chi connectivity index (χ1) is 12.7. The van der Waals surface area contributed by atoms with Crippen LogP contribution in [0.25, 0.3) is 26.8 Å². The van der Waals surface area contributed by atoms with Crippen molar-refractivity contribution in [2.75, 3.05) is 33.4 Å². The molecule has 132 valence electrons. The Labute approximate surface area is 152 Å². The lowest BCUT2D eigenvalue weighted by Crippen LogP contribution is -2.19. The maximum Gasteiger partial charge on any atom is 0.188 e. The van der Waals surface area contributed by atoms with Crippen molar-refractivity contribution in [3.63, 3.8) is 0 Å². The highest BCUT2D eigenvalue weighted by molar-refractivity contribution is 6.03. The Balaban J connectivity index is 1.81. The first kappa shape index (κ1) is 15.7. The molecule has 3 aromatic rings. The fourth-order valence-corrected chi connectivity index (χ4v) is 4.37. The van der Waals surface area contributed by atoms with Gasteiger partial charge in [-0.25, -0.2) is 9.83 Å². The number of hydrogen-bond donors (Lipinski definition) is 0. The van der Waals surface area contributed by atoms with Gasteiger partial charge in [-0.2, -0.15) is 0 Å². The van der Waals surface area contributed by atoms with E-state index in [9.17, 15) is 0 Å². The van der Waals surface area contributed by atoms with Gasteiger partial charge >= 0.3 is 0 Å². The van der Waals surface area contributed by atoms with Gasteiger partial charge in [0, 0.05) is 30.5 Å². The van der Waals surface area contributed by atoms with Gasteiger partial charge in [0.2, 0.25) is 0 Å². The van der Waals surface area contributed by atoms with Crippen molar-refractivity contribution in [3.05, 3.63) is 41.6 Å². The minimum Gasteiger partial charge on any atom is -0.381 e. The number of likely N-dealkylation sites (N-methyl/N-ethyl adjacent to an activating group) is 1. The molecule has 4 heterocycles. The molecule has 2 aliphatic heterocycles. The molecule has 6 heteroatoms. The molecule has 2 fully saturated rings. The van der Waals surface area contributed by atoms with Crippen LogP contribution >= 0.6 is 0 Å². The normalized spacial score (nSPS) is 23.8. The number of nitrogens with zero attached hydrogens (tertiary/aromatic N) is 5. The number of imidazole rings is 1. The molecule has 2 aromatic heterocycles. The number of ether oxygens (including phenoxy) is 1. The highest BCUT2D eigenvalue weighted by atomic mass is 16.5. The predicted molar refractivity (Wildman–Crippen MR) is 101 cm³/mol. The molecule has 2 unspecified atom stereocenters. The zero-order valence-corrected chi connectivity index (χ0v) is 14.9. The monoisotopic (exact) mass is 347 g/mol. The van der Waals surface area contributed by atoms with Gasteiger partial charge in [-0.15, -0.1) is 0 Å². The summed E-state index contributed by atoms with van der Waals surface area (Å²) in [7, 11) is 2.17. The molecule has 0 aliphatic carbocycles. The summed E-state index contributed by atoms with van der Waals surface area (Å²) in [6, 6.07) is 6.15. The molecule has 6 nitrogen and oxygen atoms in total. The third kappa shape index (κ3) is 2.39. The average Bonchev–Trinajstić information content (AvgIpc) is 3.39. The molecule has 2 aliphatic rings. The molecule has 0 amide bonds. The minimum absolute atomic E-state index is 0.340. The summed E-state index contributed by atoms with van der Waals surface area (Å²) in [5.74, 6) is 1.47. The molecule has 0 N–H and O–H groups in total. The van der Waals surface area contributed by atoms with E-state index < -0.39 is 0 Å². The second-order valence-electron chi connectivity index (χ2n) is 7.41. The van der Waals surface area contributed by atoms with Gasteiger partial charge in [-0.05, 0) is 38.6 Å². The van der Waals surface area contributed by atoms with Gasteiger partial charge in [0.15, 0.2) is 5.69 Å². The van der Waals surface area contributed by atoms with E-state index in [0.717, 1.165) is 66.9 Å². The van der Waals surface area contributed by atoms with Gasteiger partial charge in [0.05, 0.1) is 30.4 Å². The highest BCUT2D eigenvalue weighted by Gasteiger charge is 2.31. The zero-order valence-electron chi connectivity index (χ0n) is 14.9. The summed E-state index contributed by atoms with van der Waals surface area (Å²) >= 11 is 0. The lowest BCUT2D eigenvalue weighted by Gasteiger charge is -2.20. The fourth-order valence-electron chi connectivity index (χ4n) is 4.37. The summed E-state index contributed by atoms with van der Waals surface area (Å²) in [6.07, 6.45) is 4.02. The topological polar surface area (TPSA) is 47.5 Å². The van der Waals surface area contributed by atoms with Crippen LogP contribution in [-0.2, 0) is 4.74 Å². The third-order valence-corrected chi connectivity index (χ3v) is 5.68. The number of benzene rings is 1. The summed E-state index contributed by atoms with van der Waals surface area (Å²) in [6.45, 7) is 11.0. The quantitative estimate of drug-likeness (QED) is 0.666. The van der Waals surface area contributed by atoms with Crippen molar-refractivity contribution < 1.29 is 4.74 Å². The second kappa shape index (κ2) is 6.04. The first-order valence-corrected chi connectivity index (χ1v) is 9.19. The van der Waals surface area contributed by atoms with Crippen molar-refractivity contribution >= 4 is 27.6 Å². The van der Waals surface area contributed by atoms with Gasteiger partial charge < -0.3 is 14.2 Å².